The van der Waals surface area contributed by atoms with Crippen LogP contribution in [-0.4, -0.2) is 34.0 Å². The second-order valence-corrected chi connectivity index (χ2v) is 7.23. The molecule has 1 fully saturated rings. The monoisotopic (exact) mass is 282 g/mol. The lowest BCUT2D eigenvalue weighted by Gasteiger charge is -2.29. The van der Waals surface area contributed by atoms with Gasteiger partial charge in [-0.2, -0.15) is 0 Å². The van der Waals surface area contributed by atoms with Crippen molar-refractivity contribution in [3.05, 3.63) is 16.1 Å². The summed E-state index contributed by atoms with van der Waals surface area (Å²) in [6.07, 6.45) is 1.77. The Kier molecular flexibility index (Phi) is 4.26. The Hall–Kier alpha value is -0.940. The van der Waals surface area contributed by atoms with Gasteiger partial charge in [-0.15, -0.1) is 11.3 Å². The number of thiazole rings is 1. The number of carboxylic acid groups (broad SMARTS) is 1. The number of aliphatic carboxylic acids is 1. The molecule has 5 heteroatoms. The highest BCUT2D eigenvalue weighted by Gasteiger charge is 2.26. The zero-order valence-electron chi connectivity index (χ0n) is 11.8. The SMILES string of the molecule is CC(C)(C)c1csc(CN2CCCC(C(=O)O)C2)n1. The molecule has 0 saturated carbocycles. The van der Waals surface area contributed by atoms with Crippen LogP contribution in [0.15, 0.2) is 5.38 Å². The summed E-state index contributed by atoms with van der Waals surface area (Å²) in [7, 11) is 0. The minimum absolute atomic E-state index is 0.0836. The fraction of sp³-hybridized carbons (Fsp3) is 0.714. The lowest BCUT2D eigenvalue weighted by atomic mass is 9.93. The second-order valence-electron chi connectivity index (χ2n) is 6.29. The van der Waals surface area contributed by atoms with Crippen molar-refractivity contribution in [2.45, 2.75) is 45.6 Å². The van der Waals surface area contributed by atoms with Gasteiger partial charge in [-0.25, -0.2) is 4.98 Å². The standard InChI is InChI=1S/C14H22N2O2S/c1-14(2,3)11-9-19-12(15-11)8-16-6-4-5-10(7-16)13(17)18/h9-10H,4-8H2,1-3H3,(H,17,18). The maximum Gasteiger partial charge on any atom is 0.307 e. The van der Waals surface area contributed by atoms with Gasteiger partial charge in [-0.3, -0.25) is 9.69 Å². The molecular weight excluding hydrogens is 260 g/mol. The molecule has 4 nitrogen and oxygen atoms in total. The van der Waals surface area contributed by atoms with E-state index in [-0.39, 0.29) is 11.3 Å². The molecule has 106 valence electrons. The number of likely N-dealkylation sites (tertiary alicyclic amines) is 1. The molecule has 1 aliphatic heterocycles. The minimum atomic E-state index is -0.667. The molecule has 1 N–H and O–H groups in total. The zero-order chi connectivity index (χ0) is 14.0. The van der Waals surface area contributed by atoms with Gasteiger partial charge in [-0.05, 0) is 19.4 Å². The quantitative estimate of drug-likeness (QED) is 0.926. The summed E-state index contributed by atoms with van der Waals surface area (Å²) < 4.78 is 0. The van der Waals surface area contributed by atoms with Crippen molar-refractivity contribution in [3.63, 3.8) is 0 Å². The molecule has 1 aromatic rings. The van der Waals surface area contributed by atoms with E-state index in [2.05, 4.69) is 36.0 Å². The number of rotatable bonds is 3. The van der Waals surface area contributed by atoms with Crippen LogP contribution in [0.25, 0.3) is 0 Å². The lowest BCUT2D eigenvalue weighted by Crippen LogP contribution is -2.38. The molecule has 0 radical (unpaired) electrons. The zero-order valence-corrected chi connectivity index (χ0v) is 12.7. The maximum atomic E-state index is 11.0. The van der Waals surface area contributed by atoms with Crippen molar-refractivity contribution in [2.75, 3.05) is 13.1 Å². The smallest absolute Gasteiger partial charge is 0.307 e. The summed E-state index contributed by atoms with van der Waals surface area (Å²) in [6, 6.07) is 0. The van der Waals surface area contributed by atoms with Gasteiger partial charge in [0.15, 0.2) is 0 Å². The molecule has 2 heterocycles. The van der Waals surface area contributed by atoms with Gasteiger partial charge >= 0.3 is 5.97 Å². The van der Waals surface area contributed by atoms with Crippen molar-refractivity contribution in [1.82, 2.24) is 9.88 Å². The third kappa shape index (κ3) is 3.76. The van der Waals surface area contributed by atoms with Crippen molar-refractivity contribution in [1.29, 1.82) is 0 Å². The van der Waals surface area contributed by atoms with Crippen molar-refractivity contribution >= 4 is 17.3 Å². The van der Waals surface area contributed by atoms with Crippen LogP contribution in [0.1, 0.15) is 44.3 Å². The molecule has 0 aliphatic carbocycles. The summed E-state index contributed by atoms with van der Waals surface area (Å²) >= 11 is 1.68. The Labute approximate surface area is 118 Å². The van der Waals surface area contributed by atoms with Gasteiger partial charge in [0.1, 0.15) is 5.01 Å². The van der Waals surface area contributed by atoms with E-state index < -0.39 is 5.97 Å². The number of hydrogen-bond donors (Lipinski definition) is 1. The van der Waals surface area contributed by atoms with Gasteiger partial charge in [0, 0.05) is 17.3 Å². The first-order chi connectivity index (χ1) is 8.86. The largest absolute Gasteiger partial charge is 0.481 e. The van der Waals surface area contributed by atoms with Gasteiger partial charge in [0.2, 0.25) is 0 Å². The van der Waals surface area contributed by atoms with Crippen LogP contribution in [0.5, 0.6) is 0 Å². The second kappa shape index (κ2) is 5.59. The van der Waals surface area contributed by atoms with Gasteiger partial charge in [-0.1, -0.05) is 20.8 Å². The van der Waals surface area contributed by atoms with Crippen molar-refractivity contribution < 1.29 is 9.90 Å². The van der Waals surface area contributed by atoms with Crippen LogP contribution in [0, 0.1) is 5.92 Å². The number of carboxylic acids is 1. The highest BCUT2D eigenvalue weighted by atomic mass is 32.1. The Bertz CT molecular complexity index is 451. The molecule has 1 saturated heterocycles. The van der Waals surface area contributed by atoms with E-state index >= 15 is 0 Å². The topological polar surface area (TPSA) is 53.4 Å². The van der Waals surface area contributed by atoms with Crippen LogP contribution in [-0.2, 0) is 16.8 Å². The van der Waals surface area contributed by atoms with Crippen LogP contribution < -0.4 is 0 Å². The molecule has 1 atom stereocenters. The first kappa shape index (κ1) is 14.5. The summed E-state index contributed by atoms with van der Waals surface area (Å²) in [4.78, 5) is 17.9. The minimum Gasteiger partial charge on any atom is -0.481 e. The van der Waals surface area contributed by atoms with Crippen LogP contribution in [0.3, 0.4) is 0 Å². The molecule has 1 unspecified atom stereocenters. The molecule has 0 aromatic carbocycles. The first-order valence-corrected chi connectivity index (χ1v) is 7.64. The van der Waals surface area contributed by atoms with E-state index in [1.165, 1.54) is 0 Å². The van der Waals surface area contributed by atoms with E-state index in [0.29, 0.717) is 6.54 Å². The molecule has 1 aromatic heterocycles. The van der Waals surface area contributed by atoms with Crippen LogP contribution in [0.2, 0.25) is 0 Å². The first-order valence-electron chi connectivity index (χ1n) is 6.76. The molecule has 0 amide bonds. The van der Waals surface area contributed by atoms with Crippen molar-refractivity contribution in [3.8, 4) is 0 Å². The maximum absolute atomic E-state index is 11.0. The van der Waals surface area contributed by atoms with Gasteiger partial charge < -0.3 is 5.11 Å². The average Bonchev–Trinajstić information content (AvgIpc) is 2.77. The molecule has 1 aliphatic rings. The lowest BCUT2D eigenvalue weighted by molar-refractivity contribution is -0.143. The summed E-state index contributed by atoms with van der Waals surface area (Å²) in [6.45, 7) is 8.89. The van der Waals surface area contributed by atoms with E-state index in [1.807, 2.05) is 0 Å². The normalized spacial score (nSPS) is 21.5. The number of aromatic nitrogens is 1. The predicted molar refractivity (Wildman–Crippen MR) is 76.5 cm³/mol. The fourth-order valence-electron chi connectivity index (χ4n) is 2.32. The number of piperidine rings is 1. The average molecular weight is 282 g/mol. The molecule has 2 rings (SSSR count). The molecular formula is C14H22N2O2S. The Morgan fingerprint density at radius 2 is 2.32 bits per heavy atom. The van der Waals surface area contributed by atoms with Crippen LogP contribution >= 0.6 is 11.3 Å². The third-order valence-electron chi connectivity index (χ3n) is 3.53. The van der Waals surface area contributed by atoms with Crippen molar-refractivity contribution in [2.24, 2.45) is 5.92 Å². The van der Waals surface area contributed by atoms with Crippen LogP contribution in [0.4, 0.5) is 0 Å². The third-order valence-corrected chi connectivity index (χ3v) is 4.37. The Balaban J connectivity index is 1.97. The number of carbonyl (C=O) groups is 1. The van der Waals surface area contributed by atoms with E-state index in [9.17, 15) is 4.79 Å². The highest BCUT2D eigenvalue weighted by Crippen LogP contribution is 2.25. The van der Waals surface area contributed by atoms with Gasteiger partial charge in [0.05, 0.1) is 18.2 Å². The molecule has 0 bridgehead atoms. The molecule has 0 spiro atoms. The Morgan fingerprint density at radius 3 is 2.89 bits per heavy atom. The van der Waals surface area contributed by atoms with E-state index in [1.54, 1.807) is 11.3 Å². The summed E-state index contributed by atoms with van der Waals surface area (Å²) in [5, 5.41) is 12.3. The summed E-state index contributed by atoms with van der Waals surface area (Å²) in [5.41, 5.74) is 1.21. The highest BCUT2D eigenvalue weighted by molar-refractivity contribution is 7.09. The van der Waals surface area contributed by atoms with E-state index in [0.717, 1.165) is 36.6 Å². The van der Waals surface area contributed by atoms with Gasteiger partial charge in [0.25, 0.3) is 0 Å². The summed E-state index contributed by atoms with van der Waals surface area (Å²) in [5.74, 6) is -0.880. The Morgan fingerprint density at radius 1 is 1.58 bits per heavy atom. The number of nitrogens with zero attached hydrogens (tertiary/aromatic N) is 2. The predicted octanol–water partition coefficient (Wildman–Crippen LogP) is 2.74. The molecule has 19 heavy (non-hydrogen) atoms. The van der Waals surface area contributed by atoms with E-state index in [4.69, 9.17) is 5.11 Å². The fourth-order valence-corrected chi connectivity index (χ4v) is 3.38. The number of hydrogen-bond acceptors (Lipinski definition) is 4.